The average molecular weight is 840 g/mol. The SMILES string of the molecule is CCC(=O)OC1C(=O)[C@@]2(C)[C@H]([C@H](OC(=O)c3ccccc3)C3C[C@H](OC(=O)[C@H](O)[C@@H](NC(=O)OC(C)(C)C)[C@H]4CC4(C)C)C(C)=C1C3(C)C)[C@]1(OC(C)=O)CO[C@@H]1C[C@@H]2O. The lowest BCUT2D eigenvalue weighted by atomic mass is 9.46. The number of fused-ring (bicyclic) bond motifs is 5. The van der Waals surface area contributed by atoms with E-state index in [0.717, 1.165) is 0 Å². The monoisotopic (exact) mass is 839 g/mol. The van der Waals surface area contributed by atoms with E-state index in [0.29, 0.717) is 12.0 Å². The zero-order valence-corrected chi connectivity index (χ0v) is 36.5. The van der Waals surface area contributed by atoms with Crippen LogP contribution >= 0.6 is 0 Å². The molecule has 3 saturated carbocycles. The molecule has 1 heterocycles. The van der Waals surface area contributed by atoms with Crippen LogP contribution in [0, 0.1) is 34.0 Å². The molecule has 2 bridgehead atoms. The van der Waals surface area contributed by atoms with Crippen LogP contribution in [0.5, 0.6) is 0 Å². The maximum absolute atomic E-state index is 15.5. The van der Waals surface area contributed by atoms with Crippen LogP contribution in [0.15, 0.2) is 41.5 Å². The Kier molecular flexibility index (Phi) is 11.9. The van der Waals surface area contributed by atoms with Gasteiger partial charge in [-0.25, -0.2) is 14.4 Å². The molecular formula is C45H61NO14. The summed E-state index contributed by atoms with van der Waals surface area (Å²) in [4.78, 5) is 83.3. The fourth-order valence-corrected chi connectivity index (χ4v) is 10.5. The number of rotatable bonds is 10. The van der Waals surface area contributed by atoms with Gasteiger partial charge in [0.2, 0.25) is 0 Å². The van der Waals surface area contributed by atoms with E-state index in [-0.39, 0.29) is 48.3 Å². The van der Waals surface area contributed by atoms with Gasteiger partial charge in [-0.3, -0.25) is 14.4 Å². The Balaban J connectivity index is 1.50. The van der Waals surface area contributed by atoms with Crippen molar-refractivity contribution in [2.24, 2.45) is 34.0 Å². The van der Waals surface area contributed by atoms with Gasteiger partial charge in [0.05, 0.1) is 35.6 Å². The van der Waals surface area contributed by atoms with E-state index in [1.165, 1.54) is 13.8 Å². The fraction of sp³-hybridized carbons (Fsp3) is 0.689. The molecule has 4 fully saturated rings. The summed E-state index contributed by atoms with van der Waals surface area (Å²) >= 11 is 0. The largest absolute Gasteiger partial charge is 0.458 e. The van der Waals surface area contributed by atoms with Crippen molar-refractivity contribution in [3.05, 3.63) is 47.0 Å². The second-order valence-corrected chi connectivity index (χ2v) is 19.7. The molecule has 60 heavy (non-hydrogen) atoms. The van der Waals surface area contributed by atoms with Crippen molar-refractivity contribution in [1.82, 2.24) is 5.32 Å². The number of benzene rings is 1. The molecule has 6 rings (SSSR count). The summed E-state index contributed by atoms with van der Waals surface area (Å²) in [6.07, 6.45) is -8.74. The predicted octanol–water partition coefficient (Wildman–Crippen LogP) is 4.78. The molecule has 0 radical (unpaired) electrons. The minimum atomic E-state index is -1.85. The van der Waals surface area contributed by atoms with E-state index in [9.17, 15) is 34.2 Å². The number of aliphatic hydroxyl groups excluding tert-OH is 2. The van der Waals surface area contributed by atoms with Crippen molar-refractivity contribution in [2.75, 3.05) is 6.61 Å². The number of alkyl carbamates (subject to hydrolysis) is 1. The number of esters is 4. The smallest absolute Gasteiger partial charge is 0.407 e. The molecule has 12 atom stereocenters. The van der Waals surface area contributed by atoms with Gasteiger partial charge in [-0.05, 0) is 87.5 Å². The van der Waals surface area contributed by atoms with Gasteiger partial charge in [0.15, 0.2) is 23.6 Å². The summed E-state index contributed by atoms with van der Waals surface area (Å²) in [7, 11) is 0. The number of ether oxygens (including phenoxy) is 6. The van der Waals surface area contributed by atoms with Gasteiger partial charge in [-0.15, -0.1) is 0 Å². The maximum Gasteiger partial charge on any atom is 0.407 e. The highest BCUT2D eigenvalue weighted by atomic mass is 16.6. The van der Waals surface area contributed by atoms with Gasteiger partial charge >= 0.3 is 30.0 Å². The predicted molar refractivity (Wildman–Crippen MR) is 213 cm³/mol. The van der Waals surface area contributed by atoms with Gasteiger partial charge in [-0.1, -0.05) is 52.8 Å². The van der Waals surface area contributed by atoms with Crippen LogP contribution in [0.3, 0.4) is 0 Å². The van der Waals surface area contributed by atoms with Crippen molar-refractivity contribution < 1.29 is 67.4 Å². The van der Waals surface area contributed by atoms with Crippen LogP contribution in [0.2, 0.25) is 0 Å². The molecule has 4 aliphatic carbocycles. The number of carbonyl (C=O) groups excluding carboxylic acids is 6. The maximum atomic E-state index is 15.5. The summed E-state index contributed by atoms with van der Waals surface area (Å²) in [5.41, 5.74) is -4.90. The lowest BCUT2D eigenvalue weighted by Gasteiger charge is -2.66. The van der Waals surface area contributed by atoms with Gasteiger partial charge < -0.3 is 44.0 Å². The molecule has 1 aromatic rings. The summed E-state index contributed by atoms with van der Waals surface area (Å²) in [5, 5.41) is 26.5. The fourth-order valence-electron chi connectivity index (χ4n) is 10.5. The second-order valence-electron chi connectivity index (χ2n) is 19.7. The molecule has 330 valence electrons. The van der Waals surface area contributed by atoms with Crippen LogP contribution in [-0.2, 0) is 47.6 Å². The summed E-state index contributed by atoms with van der Waals surface area (Å²) < 4.78 is 36.3. The first-order chi connectivity index (χ1) is 27.8. The first-order valence-electron chi connectivity index (χ1n) is 20.9. The van der Waals surface area contributed by atoms with Gasteiger partial charge in [0, 0.05) is 25.7 Å². The number of hydrogen-bond donors (Lipinski definition) is 3. The quantitative estimate of drug-likeness (QED) is 0.165. The molecule has 0 spiro atoms. The third kappa shape index (κ3) is 7.97. The normalized spacial score (nSPS) is 34.7. The molecule has 1 saturated heterocycles. The molecule has 0 aromatic heterocycles. The molecule has 1 aromatic carbocycles. The lowest BCUT2D eigenvalue weighted by molar-refractivity contribution is -0.335. The number of ketones is 1. The first-order valence-corrected chi connectivity index (χ1v) is 20.9. The number of amides is 1. The molecule has 5 aliphatic rings. The molecule has 15 heteroatoms. The third-order valence-corrected chi connectivity index (χ3v) is 13.8. The second kappa shape index (κ2) is 15.8. The highest BCUT2D eigenvalue weighted by molar-refractivity contribution is 5.95. The van der Waals surface area contributed by atoms with Crippen LogP contribution < -0.4 is 5.32 Å². The van der Waals surface area contributed by atoms with Crippen molar-refractivity contribution in [1.29, 1.82) is 0 Å². The van der Waals surface area contributed by atoms with E-state index < -0.39 is 112 Å². The van der Waals surface area contributed by atoms with Crippen LogP contribution in [0.25, 0.3) is 0 Å². The van der Waals surface area contributed by atoms with Gasteiger partial charge in [0.1, 0.15) is 23.9 Å². The number of nitrogens with one attached hydrogen (secondary N) is 1. The Bertz CT molecular complexity index is 1930. The van der Waals surface area contributed by atoms with E-state index in [1.54, 1.807) is 65.0 Å². The van der Waals surface area contributed by atoms with Crippen LogP contribution in [-0.4, -0.2) is 106 Å². The standard InChI is InChI=1S/C45H61NO14/c1-12-30(49)57-35-31-22(2)27(56-39(53)33(50)32(26-20-42(26,7)8)46-40(54)60-41(4,5)6)18-25(43(31,9)10)34(58-38(52)24-16-14-13-15-17-24)36-44(11,37(35)51)28(48)19-29-45(36,21-55-29)59-23(3)47/h13-17,25-29,32-36,48,50H,12,18-21H2,1-11H3,(H,46,54)/t25?,26-,27+,28+,29-,32+,33-,34-,35?,36+,44-,45+/m1/s1. The van der Waals surface area contributed by atoms with Crippen molar-refractivity contribution in [2.45, 2.75) is 156 Å². The Labute approximate surface area is 351 Å². The molecule has 1 amide bonds. The van der Waals surface area contributed by atoms with Gasteiger partial charge in [-0.2, -0.15) is 0 Å². The number of hydrogen-bond acceptors (Lipinski definition) is 14. The number of Topliss-reactive ketones (excluding diaryl/α,β-unsaturated/α-hetero) is 1. The molecule has 2 unspecified atom stereocenters. The van der Waals surface area contributed by atoms with E-state index in [1.807, 2.05) is 27.7 Å². The van der Waals surface area contributed by atoms with Crippen LogP contribution in [0.1, 0.15) is 112 Å². The first kappa shape index (κ1) is 45.2. The summed E-state index contributed by atoms with van der Waals surface area (Å²) in [6.45, 7) is 18.4. The Morgan fingerprint density at radius 3 is 2.15 bits per heavy atom. The highest BCUT2D eigenvalue weighted by Crippen LogP contribution is 2.63. The average Bonchev–Trinajstić information content (AvgIpc) is 3.79. The summed E-state index contributed by atoms with van der Waals surface area (Å²) in [6, 6.07) is 7.12. The third-order valence-electron chi connectivity index (χ3n) is 13.8. The molecule has 3 N–H and O–H groups in total. The minimum Gasteiger partial charge on any atom is -0.458 e. The van der Waals surface area contributed by atoms with Gasteiger partial charge in [0.25, 0.3) is 0 Å². The number of carbonyl (C=O) groups is 6. The van der Waals surface area contributed by atoms with Crippen LogP contribution in [0.4, 0.5) is 4.79 Å². The zero-order valence-electron chi connectivity index (χ0n) is 36.5. The summed E-state index contributed by atoms with van der Waals surface area (Å²) in [5.74, 6) is -6.36. The Hall–Kier alpha value is -4.34. The molecule has 1 aliphatic heterocycles. The van der Waals surface area contributed by atoms with E-state index in [2.05, 4.69) is 5.32 Å². The lowest BCUT2D eigenvalue weighted by Crippen LogP contribution is -2.79. The van der Waals surface area contributed by atoms with E-state index in [4.69, 9.17) is 28.4 Å². The topological polar surface area (TPSA) is 210 Å². The number of aliphatic hydroxyl groups is 2. The van der Waals surface area contributed by atoms with E-state index >= 15 is 4.79 Å². The molecule has 15 nitrogen and oxygen atoms in total. The Morgan fingerprint density at radius 1 is 0.983 bits per heavy atom. The van der Waals surface area contributed by atoms with Crippen molar-refractivity contribution in [3.8, 4) is 0 Å². The van der Waals surface area contributed by atoms with Crippen molar-refractivity contribution >= 4 is 35.8 Å². The highest BCUT2D eigenvalue weighted by Gasteiger charge is 2.75. The van der Waals surface area contributed by atoms with Crippen molar-refractivity contribution in [3.63, 3.8) is 0 Å². The zero-order chi connectivity index (χ0) is 44.5. The minimum absolute atomic E-state index is 0.0421. The Morgan fingerprint density at radius 2 is 1.62 bits per heavy atom. The molecular weight excluding hydrogens is 778 g/mol.